The summed E-state index contributed by atoms with van der Waals surface area (Å²) in [6.07, 6.45) is 1.08. The highest BCUT2D eigenvalue weighted by molar-refractivity contribution is 6.17. The lowest BCUT2D eigenvalue weighted by Crippen LogP contribution is -2.03. The van der Waals surface area contributed by atoms with Crippen LogP contribution in [0.2, 0.25) is 0 Å². The number of rotatable bonds is 4. The minimum atomic E-state index is 0.413. The first kappa shape index (κ1) is 22.8. The smallest absolute Gasteiger partial charge is 0.0585 e. The molecule has 1 atom stereocenters. The molecule has 1 heterocycles. The molecule has 6 aromatic carbocycles. The first-order valence-corrected chi connectivity index (χ1v) is 13.7. The van der Waals surface area contributed by atoms with Crippen molar-refractivity contribution in [3.8, 4) is 16.9 Å². The lowest BCUT2D eigenvalue weighted by atomic mass is 9.86. The molecule has 0 aliphatic carbocycles. The van der Waals surface area contributed by atoms with Crippen molar-refractivity contribution in [3.05, 3.63) is 126 Å². The van der Waals surface area contributed by atoms with Gasteiger partial charge in [0.05, 0.1) is 16.9 Å². The minimum absolute atomic E-state index is 0.413. The predicted molar refractivity (Wildman–Crippen MR) is 165 cm³/mol. The van der Waals surface area contributed by atoms with Crippen molar-refractivity contribution in [3.63, 3.8) is 0 Å². The average Bonchev–Trinajstić information content (AvgIpc) is 3.31. The van der Waals surface area contributed by atoms with Crippen LogP contribution in [0.4, 0.5) is 0 Å². The fraction of sp³-hybridized carbons (Fsp3) is 0.135. The number of fused-ring (bicyclic) bond motifs is 5. The Bertz CT molecular complexity index is 1980. The van der Waals surface area contributed by atoms with Crippen molar-refractivity contribution in [1.82, 2.24) is 4.57 Å². The predicted octanol–water partition coefficient (Wildman–Crippen LogP) is 10.6. The van der Waals surface area contributed by atoms with E-state index in [2.05, 4.69) is 141 Å². The molecule has 1 aromatic heterocycles. The third kappa shape index (κ3) is 3.25. The van der Waals surface area contributed by atoms with Crippen LogP contribution in [0.3, 0.4) is 0 Å². The lowest BCUT2D eigenvalue weighted by Gasteiger charge is -2.22. The summed E-state index contributed by atoms with van der Waals surface area (Å²) in [7, 11) is 0. The van der Waals surface area contributed by atoms with Gasteiger partial charge in [0.1, 0.15) is 0 Å². The summed E-state index contributed by atoms with van der Waals surface area (Å²) in [5.41, 5.74) is 7.97. The highest BCUT2D eigenvalue weighted by Gasteiger charge is 2.26. The quantitative estimate of drug-likeness (QED) is 0.217. The fourth-order valence-corrected chi connectivity index (χ4v) is 6.49. The Morgan fingerprint density at radius 2 is 1.13 bits per heavy atom. The van der Waals surface area contributed by atoms with E-state index in [0.29, 0.717) is 5.92 Å². The second-order valence-corrected chi connectivity index (χ2v) is 10.5. The molecule has 0 radical (unpaired) electrons. The van der Waals surface area contributed by atoms with Crippen LogP contribution in [0.25, 0.3) is 60.2 Å². The van der Waals surface area contributed by atoms with Crippen LogP contribution in [0.5, 0.6) is 0 Å². The van der Waals surface area contributed by atoms with E-state index in [1.165, 1.54) is 71.3 Å². The molecule has 0 amide bonds. The average molecular weight is 490 g/mol. The molecule has 1 heteroatoms. The Balaban J connectivity index is 1.76. The van der Waals surface area contributed by atoms with Crippen molar-refractivity contribution in [1.29, 1.82) is 0 Å². The largest absolute Gasteiger partial charge is 0.308 e. The van der Waals surface area contributed by atoms with E-state index in [0.717, 1.165) is 6.42 Å². The summed E-state index contributed by atoms with van der Waals surface area (Å²) in [6.45, 7) is 7.01. The Hall–Kier alpha value is -4.36. The number of nitrogens with zero attached hydrogens (tertiary/aromatic N) is 1. The third-order valence-electron chi connectivity index (χ3n) is 8.46. The summed E-state index contributed by atoms with van der Waals surface area (Å²) >= 11 is 0. The van der Waals surface area contributed by atoms with Gasteiger partial charge in [-0.25, -0.2) is 0 Å². The lowest BCUT2D eigenvalue weighted by molar-refractivity contribution is 0.739. The van der Waals surface area contributed by atoms with Crippen molar-refractivity contribution in [2.45, 2.75) is 33.1 Å². The van der Waals surface area contributed by atoms with E-state index in [1.54, 1.807) is 0 Å². The molecule has 184 valence electrons. The highest BCUT2D eigenvalue weighted by Crippen LogP contribution is 2.47. The number of benzene rings is 6. The van der Waals surface area contributed by atoms with Gasteiger partial charge in [0.2, 0.25) is 0 Å². The van der Waals surface area contributed by atoms with Crippen LogP contribution in [-0.2, 0) is 0 Å². The fourth-order valence-electron chi connectivity index (χ4n) is 6.49. The number of para-hydroxylation sites is 1. The van der Waals surface area contributed by atoms with Gasteiger partial charge >= 0.3 is 0 Å². The van der Waals surface area contributed by atoms with Gasteiger partial charge in [0.15, 0.2) is 0 Å². The van der Waals surface area contributed by atoms with Crippen LogP contribution in [0.1, 0.15) is 37.3 Å². The van der Waals surface area contributed by atoms with E-state index >= 15 is 0 Å². The van der Waals surface area contributed by atoms with E-state index in [1.807, 2.05) is 0 Å². The molecule has 1 unspecified atom stereocenters. The first-order chi connectivity index (χ1) is 18.7. The number of hydrogen-bond acceptors (Lipinski definition) is 0. The van der Waals surface area contributed by atoms with Gasteiger partial charge in [0.25, 0.3) is 0 Å². The summed E-state index contributed by atoms with van der Waals surface area (Å²) < 4.78 is 2.56. The Labute approximate surface area is 224 Å². The van der Waals surface area contributed by atoms with Gasteiger partial charge in [-0.1, -0.05) is 117 Å². The maximum absolute atomic E-state index is 2.56. The molecular formula is C37H31N. The number of aromatic nitrogens is 1. The van der Waals surface area contributed by atoms with E-state index in [9.17, 15) is 0 Å². The molecule has 0 saturated carbocycles. The molecule has 7 aromatic rings. The van der Waals surface area contributed by atoms with Crippen molar-refractivity contribution in [2.75, 3.05) is 0 Å². The van der Waals surface area contributed by atoms with Crippen molar-refractivity contribution >= 4 is 43.2 Å². The van der Waals surface area contributed by atoms with Gasteiger partial charge in [-0.05, 0) is 69.5 Å². The number of aryl methyl sites for hydroxylation is 1. The Morgan fingerprint density at radius 3 is 1.87 bits per heavy atom. The Kier molecular flexibility index (Phi) is 5.33. The zero-order chi connectivity index (χ0) is 25.8. The molecule has 0 saturated heterocycles. The van der Waals surface area contributed by atoms with Gasteiger partial charge in [0, 0.05) is 16.3 Å². The summed E-state index contributed by atoms with van der Waals surface area (Å²) in [6, 6.07) is 42.3. The second kappa shape index (κ2) is 8.89. The monoisotopic (exact) mass is 489 g/mol. The SMILES string of the molecule is CCC(C)c1c(-c2c(C)c3ccccc3c3ccccc23)n(-c2cccc3ccccc23)c2ccccc12. The topological polar surface area (TPSA) is 4.93 Å². The standard InChI is InChI=1S/C37H31N/c1-4-24(2)35-32-21-11-12-22-34(32)38(33-23-13-15-26-14-5-6-17-28(26)33)37(35)36-25(3)27-16-7-8-18-29(27)30-19-9-10-20-31(30)36/h5-24H,4H2,1-3H3. The molecule has 0 aliphatic heterocycles. The van der Waals surface area contributed by atoms with Gasteiger partial charge in [-0.2, -0.15) is 0 Å². The second-order valence-electron chi connectivity index (χ2n) is 10.5. The van der Waals surface area contributed by atoms with Crippen LogP contribution < -0.4 is 0 Å². The molecule has 0 aliphatic rings. The number of hydrogen-bond donors (Lipinski definition) is 0. The zero-order valence-electron chi connectivity index (χ0n) is 22.2. The van der Waals surface area contributed by atoms with Gasteiger partial charge < -0.3 is 4.57 Å². The molecule has 7 rings (SSSR count). The van der Waals surface area contributed by atoms with Crippen molar-refractivity contribution < 1.29 is 0 Å². The van der Waals surface area contributed by atoms with E-state index in [4.69, 9.17) is 0 Å². The van der Waals surface area contributed by atoms with Crippen LogP contribution in [0.15, 0.2) is 115 Å². The normalized spacial score (nSPS) is 12.6. The minimum Gasteiger partial charge on any atom is -0.308 e. The maximum atomic E-state index is 2.56. The molecular weight excluding hydrogens is 458 g/mol. The molecule has 0 N–H and O–H groups in total. The van der Waals surface area contributed by atoms with Crippen LogP contribution in [-0.4, -0.2) is 4.57 Å². The molecule has 0 bridgehead atoms. The highest BCUT2D eigenvalue weighted by atomic mass is 15.0. The zero-order valence-corrected chi connectivity index (χ0v) is 22.2. The molecule has 0 spiro atoms. The van der Waals surface area contributed by atoms with E-state index in [-0.39, 0.29) is 0 Å². The molecule has 1 nitrogen and oxygen atoms in total. The molecule has 0 fully saturated rings. The maximum Gasteiger partial charge on any atom is 0.0585 e. The summed E-state index contributed by atoms with van der Waals surface area (Å²) in [5, 5.41) is 9.16. The van der Waals surface area contributed by atoms with Gasteiger partial charge in [-0.3, -0.25) is 0 Å². The molecule has 38 heavy (non-hydrogen) atoms. The third-order valence-corrected chi connectivity index (χ3v) is 8.46. The Morgan fingerprint density at radius 1 is 0.579 bits per heavy atom. The van der Waals surface area contributed by atoms with Crippen LogP contribution in [0, 0.1) is 6.92 Å². The summed E-state index contributed by atoms with van der Waals surface area (Å²) in [5.74, 6) is 0.413. The van der Waals surface area contributed by atoms with Gasteiger partial charge in [-0.15, -0.1) is 0 Å². The van der Waals surface area contributed by atoms with Crippen LogP contribution >= 0.6 is 0 Å². The summed E-state index contributed by atoms with van der Waals surface area (Å²) in [4.78, 5) is 0. The first-order valence-electron chi connectivity index (χ1n) is 13.7. The van der Waals surface area contributed by atoms with E-state index < -0.39 is 0 Å². The van der Waals surface area contributed by atoms with Crippen molar-refractivity contribution in [2.24, 2.45) is 0 Å².